The Morgan fingerprint density at radius 2 is 1.78 bits per heavy atom. The van der Waals surface area contributed by atoms with Gasteiger partial charge in [0, 0.05) is 23.3 Å². The third-order valence-electron chi connectivity index (χ3n) is 4.90. The molecule has 3 heterocycles. The van der Waals surface area contributed by atoms with E-state index in [4.69, 9.17) is 4.98 Å². The van der Waals surface area contributed by atoms with Crippen LogP contribution in [0.4, 0.5) is 5.69 Å². The first-order valence-corrected chi connectivity index (χ1v) is 11.4. The molecule has 164 valence electrons. The number of benzene rings is 1. The van der Waals surface area contributed by atoms with Gasteiger partial charge in [-0.15, -0.1) is 11.3 Å². The minimum Gasteiger partial charge on any atom is -0.350 e. The summed E-state index contributed by atoms with van der Waals surface area (Å²) in [6, 6.07) is 12.8. The fourth-order valence-electron chi connectivity index (χ4n) is 3.38. The van der Waals surface area contributed by atoms with Gasteiger partial charge in [-0.2, -0.15) is 5.10 Å². The first-order chi connectivity index (χ1) is 15.3. The lowest BCUT2D eigenvalue weighted by atomic mass is 10.1. The van der Waals surface area contributed by atoms with Crippen molar-refractivity contribution in [2.24, 2.45) is 0 Å². The topological polar surface area (TPSA) is 88.9 Å². The Kier molecular flexibility index (Phi) is 6.05. The highest BCUT2D eigenvalue weighted by molar-refractivity contribution is 7.13. The predicted octanol–water partition coefficient (Wildman–Crippen LogP) is 5.13. The van der Waals surface area contributed by atoms with Crippen molar-refractivity contribution in [2.45, 2.75) is 39.8 Å². The minimum absolute atomic E-state index is 0.0558. The van der Waals surface area contributed by atoms with E-state index >= 15 is 0 Å². The van der Waals surface area contributed by atoms with E-state index in [0.29, 0.717) is 27.8 Å². The fourth-order valence-corrected chi connectivity index (χ4v) is 4.07. The molecule has 3 aromatic heterocycles. The van der Waals surface area contributed by atoms with Crippen LogP contribution in [0.15, 0.2) is 54.0 Å². The molecule has 8 heteroatoms. The molecule has 7 nitrogen and oxygen atoms in total. The zero-order valence-electron chi connectivity index (χ0n) is 18.4. The number of carbonyl (C=O) groups excluding carboxylic acids is 2. The summed E-state index contributed by atoms with van der Waals surface area (Å²) in [5.74, 6) is -0.395. The van der Waals surface area contributed by atoms with Crippen LogP contribution in [-0.4, -0.2) is 32.6 Å². The lowest BCUT2D eigenvalue weighted by Crippen LogP contribution is -2.30. The summed E-state index contributed by atoms with van der Waals surface area (Å²) in [4.78, 5) is 31.2. The molecular formula is C24H25N5O2S. The Bertz CT molecular complexity index is 1260. The van der Waals surface area contributed by atoms with Crippen molar-refractivity contribution in [3.63, 3.8) is 0 Å². The van der Waals surface area contributed by atoms with Gasteiger partial charge in [0.1, 0.15) is 0 Å². The van der Waals surface area contributed by atoms with Gasteiger partial charge in [-0.1, -0.05) is 6.07 Å². The molecule has 1 aromatic carbocycles. The zero-order chi connectivity index (χ0) is 22.8. The molecule has 0 spiro atoms. The Labute approximate surface area is 190 Å². The number of fused-ring (bicyclic) bond motifs is 1. The Morgan fingerprint density at radius 1 is 1.03 bits per heavy atom. The summed E-state index contributed by atoms with van der Waals surface area (Å²) in [6.45, 7) is 7.88. The lowest BCUT2D eigenvalue weighted by Gasteiger charge is -2.11. The van der Waals surface area contributed by atoms with Gasteiger partial charge in [0.15, 0.2) is 5.65 Å². The number of carbonyl (C=O) groups is 2. The number of rotatable bonds is 6. The number of aromatic nitrogens is 3. The molecule has 0 fully saturated rings. The zero-order valence-corrected chi connectivity index (χ0v) is 19.2. The van der Waals surface area contributed by atoms with Crippen LogP contribution in [-0.2, 0) is 0 Å². The van der Waals surface area contributed by atoms with E-state index in [-0.39, 0.29) is 23.9 Å². The quantitative estimate of drug-likeness (QED) is 0.429. The standard InChI is InChI=1S/C24H25N5O2S/c1-14(2)26-23(30)16-7-9-17(10-8-16)27-24(31)18-12-20(21-6-5-11-32-21)28-22-19(18)13-25-29(22)15(3)4/h5-15H,1-4H3,(H,26,30)(H,27,31). The van der Waals surface area contributed by atoms with Crippen LogP contribution in [0.5, 0.6) is 0 Å². The maximum absolute atomic E-state index is 13.2. The average molecular weight is 448 g/mol. The number of pyridine rings is 1. The molecule has 0 aliphatic carbocycles. The molecule has 2 N–H and O–H groups in total. The molecule has 0 bridgehead atoms. The van der Waals surface area contributed by atoms with Crippen LogP contribution in [0, 0.1) is 0 Å². The van der Waals surface area contributed by atoms with E-state index in [1.54, 1.807) is 47.9 Å². The van der Waals surface area contributed by atoms with Gasteiger partial charge in [-0.3, -0.25) is 9.59 Å². The highest BCUT2D eigenvalue weighted by Crippen LogP contribution is 2.29. The highest BCUT2D eigenvalue weighted by atomic mass is 32.1. The van der Waals surface area contributed by atoms with Crippen molar-refractivity contribution in [3.05, 3.63) is 65.2 Å². The number of hydrogen-bond donors (Lipinski definition) is 2. The first kappa shape index (κ1) is 21.7. The maximum Gasteiger partial charge on any atom is 0.256 e. The largest absolute Gasteiger partial charge is 0.350 e. The summed E-state index contributed by atoms with van der Waals surface area (Å²) >= 11 is 1.57. The normalized spacial score (nSPS) is 11.3. The van der Waals surface area contributed by atoms with Crippen LogP contribution < -0.4 is 10.6 Å². The molecule has 4 rings (SSSR count). The molecule has 32 heavy (non-hydrogen) atoms. The SMILES string of the molecule is CC(C)NC(=O)c1ccc(NC(=O)c2cc(-c3cccs3)nc3c2cnn3C(C)C)cc1. The monoisotopic (exact) mass is 447 g/mol. The summed E-state index contributed by atoms with van der Waals surface area (Å²) < 4.78 is 1.82. The fraction of sp³-hybridized carbons (Fsp3) is 0.250. The highest BCUT2D eigenvalue weighted by Gasteiger charge is 2.19. The molecule has 0 saturated carbocycles. The molecule has 0 unspecified atom stereocenters. The van der Waals surface area contributed by atoms with Crippen LogP contribution in [0.2, 0.25) is 0 Å². The third kappa shape index (κ3) is 4.40. The van der Waals surface area contributed by atoms with Crippen LogP contribution in [0.3, 0.4) is 0 Å². The number of thiophene rings is 1. The summed E-state index contributed by atoms with van der Waals surface area (Å²) in [7, 11) is 0. The molecule has 0 aliphatic heterocycles. The Balaban J connectivity index is 1.67. The minimum atomic E-state index is -0.252. The smallest absolute Gasteiger partial charge is 0.256 e. The van der Waals surface area contributed by atoms with Crippen molar-refractivity contribution in [1.82, 2.24) is 20.1 Å². The van der Waals surface area contributed by atoms with Gasteiger partial charge in [0.25, 0.3) is 11.8 Å². The van der Waals surface area contributed by atoms with E-state index in [0.717, 1.165) is 10.6 Å². The van der Waals surface area contributed by atoms with Gasteiger partial charge in [-0.05, 0) is 69.5 Å². The van der Waals surface area contributed by atoms with Crippen molar-refractivity contribution in [2.75, 3.05) is 5.32 Å². The molecule has 0 aliphatic rings. The second-order valence-electron chi connectivity index (χ2n) is 8.11. The molecule has 4 aromatic rings. The van der Waals surface area contributed by atoms with Gasteiger partial charge >= 0.3 is 0 Å². The van der Waals surface area contributed by atoms with Crippen molar-refractivity contribution in [1.29, 1.82) is 0 Å². The molecule has 2 amide bonds. The van der Waals surface area contributed by atoms with Crippen molar-refractivity contribution < 1.29 is 9.59 Å². The number of nitrogens with one attached hydrogen (secondary N) is 2. The lowest BCUT2D eigenvalue weighted by molar-refractivity contribution is 0.0942. The molecular weight excluding hydrogens is 422 g/mol. The number of amides is 2. The second kappa shape index (κ2) is 8.92. The number of anilines is 1. The first-order valence-electron chi connectivity index (χ1n) is 10.5. The predicted molar refractivity (Wildman–Crippen MR) is 128 cm³/mol. The van der Waals surface area contributed by atoms with Gasteiger partial charge in [0.05, 0.1) is 27.7 Å². The molecule has 0 atom stereocenters. The van der Waals surface area contributed by atoms with E-state index in [1.807, 2.05) is 49.9 Å². The van der Waals surface area contributed by atoms with Crippen LogP contribution in [0.25, 0.3) is 21.6 Å². The average Bonchev–Trinajstić information content (AvgIpc) is 3.43. The number of hydrogen-bond acceptors (Lipinski definition) is 5. The van der Waals surface area contributed by atoms with Crippen molar-refractivity contribution in [3.8, 4) is 10.6 Å². The van der Waals surface area contributed by atoms with Gasteiger partial charge in [-0.25, -0.2) is 9.67 Å². The summed E-state index contributed by atoms with van der Waals surface area (Å²) in [5.41, 5.74) is 3.07. The molecule has 0 saturated heterocycles. The van der Waals surface area contributed by atoms with E-state index in [1.165, 1.54) is 0 Å². The van der Waals surface area contributed by atoms with Crippen molar-refractivity contribution >= 4 is 39.9 Å². The van der Waals surface area contributed by atoms with E-state index < -0.39 is 0 Å². The number of nitrogens with zero attached hydrogens (tertiary/aromatic N) is 3. The Hall–Kier alpha value is -3.52. The third-order valence-corrected chi connectivity index (χ3v) is 5.79. The maximum atomic E-state index is 13.2. The van der Waals surface area contributed by atoms with E-state index in [9.17, 15) is 9.59 Å². The van der Waals surface area contributed by atoms with Crippen LogP contribution >= 0.6 is 11.3 Å². The molecule has 0 radical (unpaired) electrons. The van der Waals surface area contributed by atoms with Gasteiger partial charge < -0.3 is 10.6 Å². The second-order valence-corrected chi connectivity index (χ2v) is 9.06. The van der Waals surface area contributed by atoms with Crippen LogP contribution in [0.1, 0.15) is 54.5 Å². The Morgan fingerprint density at radius 3 is 2.41 bits per heavy atom. The summed E-state index contributed by atoms with van der Waals surface area (Å²) in [5, 5.41) is 12.9. The summed E-state index contributed by atoms with van der Waals surface area (Å²) in [6.07, 6.45) is 1.69. The van der Waals surface area contributed by atoms with E-state index in [2.05, 4.69) is 15.7 Å². The van der Waals surface area contributed by atoms with Gasteiger partial charge in [0.2, 0.25) is 0 Å².